The largest absolute Gasteiger partial charge is 0.481 e. The van der Waals surface area contributed by atoms with E-state index in [2.05, 4.69) is 9.47 Å². The first-order valence-electron chi connectivity index (χ1n) is 6.62. The molecule has 0 aromatic rings. The highest BCUT2D eigenvalue weighted by molar-refractivity contribution is 5.91. The molecule has 9 nitrogen and oxygen atoms in total. The van der Waals surface area contributed by atoms with Gasteiger partial charge in [0.1, 0.15) is 12.8 Å². The van der Waals surface area contributed by atoms with Crippen LogP contribution in [0.1, 0.15) is 46.5 Å². The Morgan fingerprint density at radius 2 is 1.27 bits per heavy atom. The van der Waals surface area contributed by atoms with Crippen LogP contribution in [0.3, 0.4) is 0 Å². The summed E-state index contributed by atoms with van der Waals surface area (Å²) in [5.41, 5.74) is -0.794. The molecule has 0 saturated heterocycles. The predicted molar refractivity (Wildman–Crippen MR) is 70.5 cm³/mol. The summed E-state index contributed by atoms with van der Waals surface area (Å²) in [7, 11) is 0. The molecule has 0 atom stereocenters. The highest BCUT2D eigenvalue weighted by atomic mass is 16.9. The molecule has 2 N–H and O–H groups in total. The Bertz CT molecular complexity index is 395. The first kappa shape index (κ1) is 19.8. The number of hydrogen-bond donors (Lipinski definition) is 2. The number of carboxylic acids is 2. The Morgan fingerprint density at radius 3 is 1.55 bits per heavy atom. The van der Waals surface area contributed by atoms with Gasteiger partial charge in [-0.1, -0.05) is 13.8 Å². The fourth-order valence-corrected chi connectivity index (χ4v) is 1.27. The van der Waals surface area contributed by atoms with Crippen molar-refractivity contribution in [3.63, 3.8) is 0 Å². The zero-order valence-electron chi connectivity index (χ0n) is 12.7. The number of carbonyl (C=O) groups is 4. The van der Waals surface area contributed by atoms with Gasteiger partial charge in [0.15, 0.2) is 0 Å². The van der Waals surface area contributed by atoms with Crippen LogP contribution in [0.4, 0.5) is 0 Å². The van der Waals surface area contributed by atoms with E-state index in [4.69, 9.17) is 14.9 Å². The summed E-state index contributed by atoms with van der Waals surface area (Å²) in [5, 5.41) is 17.0. The smallest absolute Gasteiger partial charge is 0.365 e. The standard InChI is InChI=1S/C13H20O9/c1-4-13(3,5-2)22-12(20-10(18)6-8(14)15)21-11(19)7-9(16)17/h12H,4-7H2,1-3H3,(H,14,15)(H,16,17). The number of carboxylic acid groups (broad SMARTS) is 2. The molecule has 0 heterocycles. The second-order valence-corrected chi connectivity index (χ2v) is 4.68. The van der Waals surface area contributed by atoms with Crippen LogP contribution in [0.2, 0.25) is 0 Å². The predicted octanol–water partition coefficient (Wildman–Crippen LogP) is 0.901. The molecule has 0 aromatic heterocycles. The monoisotopic (exact) mass is 320 g/mol. The summed E-state index contributed by atoms with van der Waals surface area (Å²) < 4.78 is 14.6. The van der Waals surface area contributed by atoms with E-state index < -0.39 is 48.8 Å². The van der Waals surface area contributed by atoms with E-state index in [0.29, 0.717) is 12.8 Å². The van der Waals surface area contributed by atoms with Gasteiger partial charge < -0.3 is 24.4 Å². The molecular formula is C13H20O9. The number of carbonyl (C=O) groups excluding carboxylic acids is 2. The van der Waals surface area contributed by atoms with Crippen molar-refractivity contribution in [1.29, 1.82) is 0 Å². The molecule has 0 aliphatic rings. The average Bonchev–Trinajstić information content (AvgIpc) is 2.36. The van der Waals surface area contributed by atoms with Crippen molar-refractivity contribution in [2.45, 2.75) is 58.5 Å². The average molecular weight is 320 g/mol. The van der Waals surface area contributed by atoms with Gasteiger partial charge in [0.2, 0.25) is 0 Å². The van der Waals surface area contributed by atoms with E-state index in [9.17, 15) is 19.2 Å². The number of aliphatic carboxylic acids is 2. The molecule has 0 saturated carbocycles. The lowest BCUT2D eigenvalue weighted by Crippen LogP contribution is -2.38. The van der Waals surface area contributed by atoms with E-state index in [-0.39, 0.29) is 0 Å². The minimum absolute atomic E-state index is 0.493. The van der Waals surface area contributed by atoms with Gasteiger partial charge in [0.25, 0.3) is 0 Å². The van der Waals surface area contributed by atoms with Crippen LogP contribution in [-0.4, -0.2) is 46.2 Å². The Kier molecular flexibility index (Phi) is 8.10. The van der Waals surface area contributed by atoms with Gasteiger partial charge >= 0.3 is 30.4 Å². The molecule has 0 bridgehead atoms. The van der Waals surface area contributed by atoms with E-state index in [1.807, 2.05) is 0 Å². The molecule has 0 aromatic carbocycles. The summed E-state index contributed by atoms with van der Waals surface area (Å²) in [6.07, 6.45) is -0.892. The third-order valence-corrected chi connectivity index (χ3v) is 2.92. The van der Waals surface area contributed by atoms with Crippen LogP contribution in [0, 0.1) is 0 Å². The number of ether oxygens (including phenoxy) is 3. The number of hydrogen-bond acceptors (Lipinski definition) is 7. The molecule has 0 fully saturated rings. The molecule has 0 spiro atoms. The van der Waals surface area contributed by atoms with Crippen LogP contribution in [0.15, 0.2) is 0 Å². The lowest BCUT2D eigenvalue weighted by molar-refractivity contribution is -0.299. The highest BCUT2D eigenvalue weighted by Gasteiger charge is 2.31. The molecule has 0 amide bonds. The van der Waals surface area contributed by atoms with Gasteiger partial charge in [0, 0.05) is 0 Å². The molecule has 0 rings (SSSR count). The fourth-order valence-electron chi connectivity index (χ4n) is 1.27. The lowest BCUT2D eigenvalue weighted by Gasteiger charge is -2.31. The van der Waals surface area contributed by atoms with Crippen LogP contribution in [0.5, 0.6) is 0 Å². The van der Waals surface area contributed by atoms with E-state index in [1.54, 1.807) is 20.8 Å². The minimum Gasteiger partial charge on any atom is -0.481 e. The second kappa shape index (κ2) is 8.98. The minimum atomic E-state index is -1.80. The maximum absolute atomic E-state index is 11.3. The molecule has 9 heteroatoms. The maximum atomic E-state index is 11.3. The van der Waals surface area contributed by atoms with E-state index in [0.717, 1.165) is 0 Å². The maximum Gasteiger partial charge on any atom is 0.365 e. The Hall–Kier alpha value is -2.16. The first-order valence-corrected chi connectivity index (χ1v) is 6.62. The highest BCUT2D eigenvalue weighted by Crippen LogP contribution is 2.23. The Balaban J connectivity index is 4.89. The molecule has 0 aliphatic heterocycles. The third-order valence-electron chi connectivity index (χ3n) is 2.92. The first-order chi connectivity index (χ1) is 10.1. The van der Waals surface area contributed by atoms with Crippen molar-refractivity contribution >= 4 is 23.9 Å². The normalized spacial score (nSPS) is 11.1. The number of rotatable bonds is 10. The lowest BCUT2D eigenvalue weighted by atomic mass is 10.0. The molecule has 22 heavy (non-hydrogen) atoms. The zero-order valence-corrected chi connectivity index (χ0v) is 12.7. The summed E-state index contributed by atoms with van der Waals surface area (Å²) in [5.74, 6) is -5.19. The quantitative estimate of drug-likeness (QED) is 0.341. The van der Waals surface area contributed by atoms with Gasteiger partial charge in [-0.05, 0) is 19.8 Å². The molecule has 126 valence electrons. The van der Waals surface area contributed by atoms with Crippen molar-refractivity contribution in [1.82, 2.24) is 0 Å². The zero-order chi connectivity index (χ0) is 17.3. The molecule has 0 radical (unpaired) electrons. The van der Waals surface area contributed by atoms with Gasteiger partial charge in [-0.25, -0.2) is 0 Å². The molecule has 0 unspecified atom stereocenters. The molecule has 0 aliphatic carbocycles. The van der Waals surface area contributed by atoms with Crippen molar-refractivity contribution in [3.8, 4) is 0 Å². The van der Waals surface area contributed by atoms with Crippen LogP contribution in [0.25, 0.3) is 0 Å². The Morgan fingerprint density at radius 1 is 0.909 bits per heavy atom. The topological polar surface area (TPSA) is 136 Å². The van der Waals surface area contributed by atoms with Crippen molar-refractivity contribution in [2.24, 2.45) is 0 Å². The van der Waals surface area contributed by atoms with Gasteiger partial charge in [-0.15, -0.1) is 0 Å². The summed E-state index contributed by atoms with van der Waals surface area (Å²) in [6, 6.07) is 0. The second-order valence-electron chi connectivity index (χ2n) is 4.68. The number of esters is 2. The Labute approximate surface area is 127 Å². The van der Waals surface area contributed by atoms with E-state index >= 15 is 0 Å². The summed E-state index contributed by atoms with van der Waals surface area (Å²) in [6.45, 7) is 3.46. The van der Waals surface area contributed by atoms with Gasteiger partial charge in [-0.3, -0.25) is 19.2 Å². The summed E-state index contributed by atoms with van der Waals surface area (Å²) in [4.78, 5) is 43.5. The van der Waals surface area contributed by atoms with Crippen LogP contribution >= 0.6 is 0 Å². The van der Waals surface area contributed by atoms with Gasteiger partial charge in [0.05, 0.1) is 5.60 Å². The molecular weight excluding hydrogens is 300 g/mol. The fraction of sp³-hybridized carbons (Fsp3) is 0.692. The summed E-state index contributed by atoms with van der Waals surface area (Å²) >= 11 is 0. The van der Waals surface area contributed by atoms with Crippen molar-refractivity contribution in [3.05, 3.63) is 0 Å². The van der Waals surface area contributed by atoms with Crippen molar-refractivity contribution < 1.29 is 43.6 Å². The SMILES string of the molecule is CCC(C)(CC)OC(OC(=O)CC(=O)O)OC(=O)CC(=O)O. The van der Waals surface area contributed by atoms with E-state index in [1.165, 1.54) is 0 Å². The third kappa shape index (κ3) is 8.20. The van der Waals surface area contributed by atoms with Crippen molar-refractivity contribution in [2.75, 3.05) is 0 Å². The van der Waals surface area contributed by atoms with Gasteiger partial charge in [-0.2, -0.15) is 0 Å². The van der Waals surface area contributed by atoms with Crippen LogP contribution < -0.4 is 0 Å². The van der Waals surface area contributed by atoms with Crippen LogP contribution in [-0.2, 0) is 33.4 Å².